The zero-order valence-corrected chi connectivity index (χ0v) is 12.4. The van der Waals surface area contributed by atoms with Crippen molar-refractivity contribution in [2.45, 2.75) is 13.0 Å². The molecule has 0 aromatic heterocycles. The fourth-order valence-corrected chi connectivity index (χ4v) is 2.09. The third-order valence-electron chi connectivity index (χ3n) is 2.88. The fraction of sp³-hybridized carbons (Fsp3) is 0.188. The van der Waals surface area contributed by atoms with Gasteiger partial charge in [0.1, 0.15) is 5.75 Å². The van der Waals surface area contributed by atoms with Crippen molar-refractivity contribution in [2.24, 2.45) is 5.73 Å². The lowest BCUT2D eigenvalue weighted by atomic mass is 10.1. The van der Waals surface area contributed by atoms with E-state index in [2.05, 4.69) is 5.32 Å². The zero-order chi connectivity index (χ0) is 15.2. The van der Waals surface area contributed by atoms with E-state index in [1.807, 2.05) is 25.1 Å². The maximum Gasteiger partial charge on any atom is 0.262 e. The Morgan fingerprint density at radius 1 is 1.29 bits per heavy atom. The molecule has 0 saturated heterocycles. The summed E-state index contributed by atoms with van der Waals surface area (Å²) in [6.07, 6.45) is 0. The largest absolute Gasteiger partial charge is 0.483 e. The molecule has 0 radical (unpaired) electrons. The Balaban J connectivity index is 1.95. The molecular weight excluding hydrogens is 288 g/mol. The van der Waals surface area contributed by atoms with E-state index in [4.69, 9.17) is 22.1 Å². The van der Waals surface area contributed by atoms with E-state index < -0.39 is 0 Å². The highest BCUT2D eigenvalue weighted by molar-refractivity contribution is 6.30. The Kier molecular flexibility index (Phi) is 5.20. The molecule has 5 heteroatoms. The first-order valence-corrected chi connectivity index (χ1v) is 6.97. The number of carbonyl (C=O) groups excluding carboxylic acids is 1. The van der Waals surface area contributed by atoms with Crippen molar-refractivity contribution in [3.05, 3.63) is 59.1 Å². The molecule has 0 aliphatic rings. The van der Waals surface area contributed by atoms with Crippen LogP contribution in [0.25, 0.3) is 0 Å². The van der Waals surface area contributed by atoms with Crippen LogP contribution in [0.4, 0.5) is 5.69 Å². The second-order valence-corrected chi connectivity index (χ2v) is 5.11. The number of halogens is 1. The molecule has 0 saturated carbocycles. The number of amides is 1. The van der Waals surface area contributed by atoms with Crippen LogP contribution < -0.4 is 15.8 Å². The predicted octanol–water partition coefficient (Wildman–Crippen LogP) is 3.38. The lowest BCUT2D eigenvalue weighted by Crippen LogP contribution is -2.21. The van der Waals surface area contributed by atoms with E-state index in [1.54, 1.807) is 30.3 Å². The van der Waals surface area contributed by atoms with Gasteiger partial charge in [0.25, 0.3) is 5.91 Å². The lowest BCUT2D eigenvalue weighted by molar-refractivity contribution is -0.118. The van der Waals surface area contributed by atoms with Gasteiger partial charge < -0.3 is 15.8 Å². The van der Waals surface area contributed by atoms with Crippen LogP contribution in [0.5, 0.6) is 5.75 Å². The van der Waals surface area contributed by atoms with Gasteiger partial charge in [-0.25, -0.2) is 0 Å². The molecule has 4 nitrogen and oxygen atoms in total. The minimum Gasteiger partial charge on any atom is -0.483 e. The van der Waals surface area contributed by atoms with Gasteiger partial charge in [-0.05, 0) is 31.2 Å². The van der Waals surface area contributed by atoms with Crippen LogP contribution in [0.2, 0.25) is 5.02 Å². The highest BCUT2D eigenvalue weighted by Gasteiger charge is 2.09. The number of nitrogens with two attached hydrogens (primary N) is 1. The van der Waals surface area contributed by atoms with Crippen LogP contribution in [0.3, 0.4) is 0 Å². The van der Waals surface area contributed by atoms with Crippen molar-refractivity contribution >= 4 is 23.2 Å². The van der Waals surface area contributed by atoms with E-state index >= 15 is 0 Å². The Morgan fingerprint density at radius 2 is 2.05 bits per heavy atom. The summed E-state index contributed by atoms with van der Waals surface area (Å²) in [5.41, 5.74) is 7.37. The van der Waals surface area contributed by atoms with Crippen LogP contribution in [0.1, 0.15) is 18.5 Å². The number of ether oxygens (including phenoxy) is 1. The molecule has 0 heterocycles. The summed E-state index contributed by atoms with van der Waals surface area (Å²) >= 11 is 5.86. The highest BCUT2D eigenvalue weighted by Crippen LogP contribution is 2.23. The van der Waals surface area contributed by atoms with Crippen molar-refractivity contribution < 1.29 is 9.53 Å². The van der Waals surface area contributed by atoms with Gasteiger partial charge in [0, 0.05) is 22.3 Å². The van der Waals surface area contributed by atoms with Gasteiger partial charge in [0.2, 0.25) is 0 Å². The monoisotopic (exact) mass is 304 g/mol. The summed E-state index contributed by atoms with van der Waals surface area (Å²) in [5, 5.41) is 3.29. The van der Waals surface area contributed by atoms with Crippen molar-refractivity contribution in [1.29, 1.82) is 0 Å². The number of hydrogen-bond donors (Lipinski definition) is 2. The molecule has 21 heavy (non-hydrogen) atoms. The predicted molar refractivity (Wildman–Crippen MR) is 84.6 cm³/mol. The molecule has 0 aliphatic heterocycles. The molecule has 3 N–H and O–H groups in total. The Labute approximate surface area is 128 Å². The molecule has 0 fully saturated rings. The summed E-state index contributed by atoms with van der Waals surface area (Å²) in [5.74, 6) is 0.366. The molecule has 0 aliphatic carbocycles. The summed E-state index contributed by atoms with van der Waals surface area (Å²) in [4.78, 5) is 11.9. The SMILES string of the molecule is C[C@H](N)c1ccccc1OCC(=O)Nc1cccc(Cl)c1. The number of carbonyl (C=O) groups is 1. The van der Waals surface area contributed by atoms with Crippen LogP contribution >= 0.6 is 11.6 Å². The first-order valence-electron chi connectivity index (χ1n) is 6.59. The van der Waals surface area contributed by atoms with Crippen molar-refractivity contribution in [3.63, 3.8) is 0 Å². The fourth-order valence-electron chi connectivity index (χ4n) is 1.89. The maximum absolute atomic E-state index is 11.9. The molecule has 0 bridgehead atoms. The van der Waals surface area contributed by atoms with E-state index in [0.717, 1.165) is 5.56 Å². The quantitative estimate of drug-likeness (QED) is 0.890. The number of hydrogen-bond acceptors (Lipinski definition) is 3. The topological polar surface area (TPSA) is 64.3 Å². The van der Waals surface area contributed by atoms with Crippen LogP contribution in [-0.4, -0.2) is 12.5 Å². The van der Waals surface area contributed by atoms with Gasteiger partial charge in [0.15, 0.2) is 6.61 Å². The first-order chi connectivity index (χ1) is 10.1. The van der Waals surface area contributed by atoms with Gasteiger partial charge in [0.05, 0.1) is 0 Å². The lowest BCUT2D eigenvalue weighted by Gasteiger charge is -2.13. The van der Waals surface area contributed by atoms with Crippen LogP contribution in [0, 0.1) is 0 Å². The summed E-state index contributed by atoms with van der Waals surface area (Å²) in [6.45, 7) is 1.78. The molecule has 0 spiro atoms. The molecule has 1 atom stereocenters. The third-order valence-corrected chi connectivity index (χ3v) is 3.11. The molecule has 1 amide bonds. The van der Waals surface area contributed by atoms with Crippen LogP contribution in [-0.2, 0) is 4.79 Å². The molecule has 0 unspecified atom stereocenters. The van der Waals surface area contributed by atoms with Crippen LogP contribution in [0.15, 0.2) is 48.5 Å². The van der Waals surface area contributed by atoms with Gasteiger partial charge in [-0.1, -0.05) is 35.9 Å². The van der Waals surface area contributed by atoms with Gasteiger partial charge in [-0.15, -0.1) is 0 Å². The van der Waals surface area contributed by atoms with Crippen molar-refractivity contribution in [1.82, 2.24) is 0 Å². The number of anilines is 1. The normalized spacial score (nSPS) is 11.8. The minimum absolute atomic E-state index is 0.0871. The summed E-state index contributed by atoms with van der Waals surface area (Å²) in [6, 6.07) is 14.2. The number of nitrogens with one attached hydrogen (secondary N) is 1. The highest BCUT2D eigenvalue weighted by atomic mass is 35.5. The average molecular weight is 305 g/mol. The average Bonchev–Trinajstić information content (AvgIpc) is 2.45. The van der Waals surface area contributed by atoms with Gasteiger partial charge >= 0.3 is 0 Å². The summed E-state index contributed by atoms with van der Waals surface area (Å²) in [7, 11) is 0. The van der Waals surface area contributed by atoms with Gasteiger partial charge in [-0.2, -0.15) is 0 Å². The van der Waals surface area contributed by atoms with E-state index in [-0.39, 0.29) is 18.6 Å². The number of benzene rings is 2. The molecule has 2 aromatic carbocycles. The Bertz CT molecular complexity index is 629. The first kappa shape index (κ1) is 15.4. The van der Waals surface area contributed by atoms with E-state index in [0.29, 0.717) is 16.5 Å². The molecular formula is C16H17ClN2O2. The maximum atomic E-state index is 11.9. The minimum atomic E-state index is -0.253. The van der Waals surface area contributed by atoms with Crippen molar-refractivity contribution in [2.75, 3.05) is 11.9 Å². The van der Waals surface area contributed by atoms with E-state index in [1.165, 1.54) is 0 Å². The second-order valence-electron chi connectivity index (χ2n) is 4.67. The number of rotatable bonds is 5. The zero-order valence-electron chi connectivity index (χ0n) is 11.7. The standard InChI is InChI=1S/C16H17ClN2O2/c1-11(18)14-7-2-3-8-15(14)21-10-16(20)19-13-6-4-5-12(17)9-13/h2-9,11H,10,18H2,1H3,(H,19,20)/t11-/m0/s1. The second kappa shape index (κ2) is 7.11. The van der Waals surface area contributed by atoms with Gasteiger partial charge in [-0.3, -0.25) is 4.79 Å². The van der Waals surface area contributed by atoms with E-state index in [9.17, 15) is 4.79 Å². The number of para-hydroxylation sites is 1. The molecule has 110 valence electrons. The smallest absolute Gasteiger partial charge is 0.262 e. The van der Waals surface area contributed by atoms with Crippen molar-refractivity contribution in [3.8, 4) is 5.75 Å². The third kappa shape index (κ3) is 4.48. The Hall–Kier alpha value is -2.04. The molecule has 2 aromatic rings. The molecule has 2 rings (SSSR count). The summed E-state index contributed by atoms with van der Waals surface area (Å²) < 4.78 is 5.54. The Morgan fingerprint density at radius 3 is 2.76 bits per heavy atom.